The molecule has 0 fully saturated rings. The second-order valence-electron chi connectivity index (χ2n) is 3.47. The number of benzene rings is 1. The fraction of sp³-hybridized carbons (Fsp3) is 0. The van der Waals surface area contributed by atoms with Crippen LogP contribution in [0.25, 0.3) is 0 Å². The van der Waals surface area contributed by atoms with E-state index in [2.05, 4.69) is 0 Å². The Morgan fingerprint density at radius 2 is 0.810 bits per heavy atom. The van der Waals surface area contributed by atoms with Crippen molar-refractivity contribution in [3.63, 3.8) is 0 Å². The molecule has 0 aromatic heterocycles. The predicted octanol–water partition coefficient (Wildman–Crippen LogP) is 3.58. The Bertz CT molecular complexity index is 659. The summed E-state index contributed by atoms with van der Waals surface area (Å²) in [5.41, 5.74) is -3.49. The van der Waals surface area contributed by atoms with Gasteiger partial charge in [0.05, 0.1) is 16.7 Å². The third-order valence-electron chi connectivity index (χ3n) is 2.34. The number of carbonyl (C=O) groups is 5. The molecule has 0 atom stereocenters. The van der Waals surface area contributed by atoms with E-state index in [1.54, 1.807) is 0 Å². The van der Waals surface area contributed by atoms with Crippen molar-refractivity contribution >= 4 is 84.2 Å². The zero-order valence-corrected chi connectivity index (χ0v) is 13.3. The highest BCUT2D eigenvalue weighted by Gasteiger charge is 2.31. The molecule has 0 N–H and O–H groups in total. The van der Waals surface area contributed by atoms with Gasteiger partial charge in [0, 0.05) is 11.1 Å². The van der Waals surface area contributed by atoms with Gasteiger partial charge in [0.2, 0.25) is 0 Å². The SMILES string of the molecule is O=C(Cl)c1cc(C(=O)Cl)c(C(=O)Cl)c(C(=O)Cl)c1C(=O)Cl. The summed E-state index contributed by atoms with van der Waals surface area (Å²) in [4.78, 5) is 57.0. The monoisotopic (exact) mass is 388 g/mol. The van der Waals surface area contributed by atoms with Crippen molar-refractivity contribution in [2.75, 3.05) is 0 Å². The first kappa shape index (κ1) is 18.1. The van der Waals surface area contributed by atoms with Crippen LogP contribution in [0.3, 0.4) is 0 Å². The van der Waals surface area contributed by atoms with Crippen LogP contribution in [0.1, 0.15) is 51.8 Å². The van der Waals surface area contributed by atoms with Gasteiger partial charge in [-0.3, -0.25) is 24.0 Å². The van der Waals surface area contributed by atoms with E-state index < -0.39 is 54.0 Å². The molecule has 21 heavy (non-hydrogen) atoms. The number of hydrogen-bond acceptors (Lipinski definition) is 5. The molecule has 1 rings (SSSR count). The summed E-state index contributed by atoms with van der Waals surface area (Å²) < 4.78 is 0. The van der Waals surface area contributed by atoms with Gasteiger partial charge in [0.25, 0.3) is 26.2 Å². The molecule has 0 radical (unpaired) electrons. The minimum Gasteiger partial charge on any atom is -0.276 e. The quantitative estimate of drug-likeness (QED) is 0.718. The lowest BCUT2D eigenvalue weighted by molar-refractivity contribution is 0.102. The van der Waals surface area contributed by atoms with Crippen LogP contribution in [0.15, 0.2) is 6.07 Å². The van der Waals surface area contributed by atoms with Gasteiger partial charge in [-0.1, -0.05) is 0 Å². The van der Waals surface area contributed by atoms with Crippen LogP contribution >= 0.6 is 58.0 Å². The van der Waals surface area contributed by atoms with Crippen molar-refractivity contribution in [3.05, 3.63) is 33.9 Å². The topological polar surface area (TPSA) is 85.3 Å². The summed E-state index contributed by atoms with van der Waals surface area (Å²) in [6.07, 6.45) is 0. The summed E-state index contributed by atoms with van der Waals surface area (Å²) in [5, 5.41) is -6.37. The van der Waals surface area contributed by atoms with Crippen LogP contribution in [0.2, 0.25) is 0 Å². The molecule has 0 aliphatic rings. The van der Waals surface area contributed by atoms with Crippen molar-refractivity contribution in [2.45, 2.75) is 0 Å². The van der Waals surface area contributed by atoms with Crippen molar-refractivity contribution in [3.8, 4) is 0 Å². The normalized spacial score (nSPS) is 10.1. The standard InChI is InChI=1S/C11HCl5O5/c12-7(17)2-1-3(8(13)18)5(10(15)20)6(11(16)21)4(2)9(14)19/h1H. The maximum atomic E-state index is 11.5. The largest absolute Gasteiger partial charge is 0.276 e. The Kier molecular flexibility index (Phi) is 5.90. The van der Waals surface area contributed by atoms with Crippen LogP contribution < -0.4 is 0 Å². The third-order valence-corrected chi connectivity index (χ3v) is 3.31. The van der Waals surface area contributed by atoms with Gasteiger partial charge in [-0.25, -0.2) is 0 Å². The van der Waals surface area contributed by atoms with E-state index >= 15 is 0 Å². The van der Waals surface area contributed by atoms with Gasteiger partial charge in [-0.15, -0.1) is 0 Å². The van der Waals surface area contributed by atoms with Crippen LogP contribution in [0, 0.1) is 0 Å². The van der Waals surface area contributed by atoms with Gasteiger partial charge in [-0.05, 0) is 64.1 Å². The summed E-state index contributed by atoms with van der Waals surface area (Å²) in [5.74, 6) is 0. The number of halogens is 5. The fourth-order valence-electron chi connectivity index (χ4n) is 1.60. The summed E-state index contributed by atoms with van der Waals surface area (Å²) in [7, 11) is 0. The van der Waals surface area contributed by atoms with Crippen molar-refractivity contribution in [1.29, 1.82) is 0 Å². The average Bonchev–Trinajstić information content (AvgIpc) is 2.34. The van der Waals surface area contributed by atoms with Gasteiger partial charge in [0.15, 0.2) is 0 Å². The molecule has 0 aliphatic carbocycles. The van der Waals surface area contributed by atoms with Crippen LogP contribution in [0.5, 0.6) is 0 Å². The molecule has 110 valence electrons. The van der Waals surface area contributed by atoms with Crippen molar-refractivity contribution in [2.24, 2.45) is 0 Å². The van der Waals surface area contributed by atoms with E-state index in [0.29, 0.717) is 0 Å². The second-order valence-corrected chi connectivity index (χ2v) is 5.18. The Morgan fingerprint density at radius 1 is 0.524 bits per heavy atom. The molecular weight excluding hydrogens is 389 g/mol. The van der Waals surface area contributed by atoms with Crippen molar-refractivity contribution < 1.29 is 24.0 Å². The Labute approximate surface area is 142 Å². The van der Waals surface area contributed by atoms with E-state index in [1.807, 2.05) is 0 Å². The minimum atomic E-state index is -1.35. The molecule has 0 saturated heterocycles. The van der Waals surface area contributed by atoms with Crippen LogP contribution in [-0.2, 0) is 0 Å². The smallest absolute Gasteiger partial charge is 0.254 e. The number of hydrogen-bond donors (Lipinski definition) is 0. The average molecular weight is 390 g/mol. The second kappa shape index (κ2) is 6.85. The van der Waals surface area contributed by atoms with Gasteiger partial charge in [0.1, 0.15) is 0 Å². The molecule has 10 heteroatoms. The van der Waals surface area contributed by atoms with Crippen LogP contribution in [-0.4, -0.2) is 26.2 Å². The van der Waals surface area contributed by atoms with Gasteiger partial charge >= 0.3 is 0 Å². The molecule has 0 amide bonds. The molecule has 0 saturated carbocycles. The van der Waals surface area contributed by atoms with E-state index in [4.69, 9.17) is 58.0 Å². The summed E-state index contributed by atoms with van der Waals surface area (Å²) in [6, 6.07) is 0.735. The zero-order chi connectivity index (χ0) is 16.5. The zero-order valence-electron chi connectivity index (χ0n) is 9.51. The number of rotatable bonds is 5. The Balaban J connectivity index is 4.13. The lowest BCUT2D eigenvalue weighted by atomic mass is 9.93. The molecule has 0 spiro atoms. The summed E-state index contributed by atoms with van der Waals surface area (Å²) in [6.45, 7) is 0. The fourth-order valence-corrected chi connectivity index (χ4v) is 2.48. The highest BCUT2D eigenvalue weighted by Crippen LogP contribution is 2.30. The highest BCUT2D eigenvalue weighted by atomic mass is 35.5. The van der Waals surface area contributed by atoms with Crippen molar-refractivity contribution in [1.82, 2.24) is 0 Å². The molecule has 1 aromatic carbocycles. The van der Waals surface area contributed by atoms with E-state index in [1.165, 1.54) is 0 Å². The molecule has 0 heterocycles. The maximum Gasteiger partial charge on any atom is 0.254 e. The van der Waals surface area contributed by atoms with Gasteiger partial charge < -0.3 is 0 Å². The Morgan fingerprint density at radius 3 is 1.00 bits per heavy atom. The van der Waals surface area contributed by atoms with E-state index in [-0.39, 0.29) is 0 Å². The maximum absolute atomic E-state index is 11.5. The molecule has 0 bridgehead atoms. The summed E-state index contributed by atoms with van der Waals surface area (Å²) >= 11 is 26.4. The van der Waals surface area contributed by atoms with Gasteiger partial charge in [-0.2, -0.15) is 0 Å². The minimum absolute atomic E-state index is 0.605. The number of carbonyl (C=O) groups excluding carboxylic acids is 5. The predicted molar refractivity (Wildman–Crippen MR) is 77.4 cm³/mol. The molecule has 0 unspecified atom stereocenters. The van der Waals surface area contributed by atoms with Crippen LogP contribution in [0.4, 0.5) is 0 Å². The molecule has 0 aliphatic heterocycles. The first-order valence-corrected chi connectivity index (χ1v) is 6.68. The highest BCUT2D eigenvalue weighted by molar-refractivity contribution is 6.77. The lowest BCUT2D eigenvalue weighted by Gasteiger charge is -2.12. The molecule has 1 aromatic rings. The lowest BCUT2D eigenvalue weighted by Crippen LogP contribution is -2.17. The Hall–Kier alpha value is -0.980. The van der Waals surface area contributed by atoms with E-state index in [9.17, 15) is 24.0 Å². The first-order valence-electron chi connectivity index (χ1n) is 4.79. The first-order chi connectivity index (χ1) is 9.59. The molecular formula is C11HCl5O5. The van der Waals surface area contributed by atoms with E-state index in [0.717, 1.165) is 6.07 Å². The molecule has 5 nitrogen and oxygen atoms in total. The third kappa shape index (κ3) is 3.62.